The van der Waals surface area contributed by atoms with E-state index >= 15 is 0 Å². The molecule has 1 aliphatic heterocycles. The van der Waals surface area contributed by atoms with Crippen LogP contribution < -0.4 is 10.2 Å². The van der Waals surface area contributed by atoms with Gasteiger partial charge in [-0.05, 0) is 31.1 Å². The lowest BCUT2D eigenvalue weighted by molar-refractivity contribution is 0.202. The van der Waals surface area contributed by atoms with Gasteiger partial charge >= 0.3 is 0 Å². The minimum absolute atomic E-state index is 0.888. The molecule has 2 atom stereocenters. The molecule has 1 aromatic rings. The summed E-state index contributed by atoms with van der Waals surface area (Å²) in [6, 6.07) is 2.11. The maximum atomic E-state index is 4.48. The van der Waals surface area contributed by atoms with Gasteiger partial charge in [-0.25, -0.2) is 9.97 Å². The quantitative estimate of drug-likeness (QED) is 0.914. The first-order valence-electron chi connectivity index (χ1n) is 8.17. The third kappa shape index (κ3) is 3.05. The highest BCUT2D eigenvalue weighted by molar-refractivity contribution is 5.48. The second-order valence-electron chi connectivity index (χ2n) is 6.23. The van der Waals surface area contributed by atoms with Crippen LogP contribution >= 0.6 is 0 Å². The van der Waals surface area contributed by atoms with Gasteiger partial charge in [0.15, 0.2) is 0 Å². The van der Waals surface area contributed by atoms with Gasteiger partial charge in [-0.15, -0.1) is 0 Å². The summed E-state index contributed by atoms with van der Waals surface area (Å²) < 4.78 is 0. The number of aromatic nitrogens is 2. The van der Waals surface area contributed by atoms with E-state index in [-0.39, 0.29) is 0 Å². The molecular weight excluding hydrogens is 248 g/mol. The zero-order valence-electron chi connectivity index (χ0n) is 12.5. The summed E-state index contributed by atoms with van der Waals surface area (Å²) in [7, 11) is 0. The van der Waals surface area contributed by atoms with E-state index in [2.05, 4.69) is 33.2 Å². The average molecular weight is 274 g/mol. The molecule has 1 N–H and O–H groups in total. The van der Waals surface area contributed by atoms with Crippen molar-refractivity contribution < 1.29 is 0 Å². The SMILES string of the molecule is CCCNc1cc(N2CCC3CCCCC3C2)ncn1. The molecule has 2 fully saturated rings. The van der Waals surface area contributed by atoms with Gasteiger partial charge in [0.05, 0.1) is 0 Å². The average Bonchev–Trinajstić information content (AvgIpc) is 2.53. The Hall–Kier alpha value is -1.32. The topological polar surface area (TPSA) is 41.0 Å². The zero-order chi connectivity index (χ0) is 13.8. The minimum atomic E-state index is 0.888. The van der Waals surface area contributed by atoms with Crippen molar-refractivity contribution in [3.05, 3.63) is 12.4 Å². The molecule has 2 heterocycles. The first-order chi connectivity index (χ1) is 9.86. The summed E-state index contributed by atoms with van der Waals surface area (Å²) in [4.78, 5) is 11.3. The predicted octanol–water partition coefficient (Wildman–Crippen LogP) is 3.32. The lowest BCUT2D eigenvalue weighted by Crippen LogP contribution is -2.42. The van der Waals surface area contributed by atoms with Gasteiger partial charge in [0.25, 0.3) is 0 Å². The van der Waals surface area contributed by atoms with E-state index in [4.69, 9.17) is 0 Å². The number of hydrogen-bond donors (Lipinski definition) is 1. The molecule has 2 aliphatic rings. The normalized spacial score (nSPS) is 26.1. The molecule has 1 saturated carbocycles. The second-order valence-corrected chi connectivity index (χ2v) is 6.23. The highest BCUT2D eigenvalue weighted by atomic mass is 15.2. The maximum absolute atomic E-state index is 4.48. The van der Waals surface area contributed by atoms with E-state index < -0.39 is 0 Å². The van der Waals surface area contributed by atoms with Crippen molar-refractivity contribution >= 4 is 11.6 Å². The van der Waals surface area contributed by atoms with Gasteiger partial charge in [0.1, 0.15) is 18.0 Å². The van der Waals surface area contributed by atoms with Gasteiger partial charge in [-0.1, -0.05) is 26.2 Å². The van der Waals surface area contributed by atoms with Crippen LogP contribution in [0, 0.1) is 11.8 Å². The Kier molecular flexibility index (Phi) is 4.38. The van der Waals surface area contributed by atoms with Crippen molar-refractivity contribution in [2.45, 2.75) is 45.4 Å². The number of rotatable bonds is 4. The van der Waals surface area contributed by atoms with Crippen LogP contribution in [-0.2, 0) is 0 Å². The molecular formula is C16H26N4. The molecule has 4 nitrogen and oxygen atoms in total. The molecule has 0 spiro atoms. The second kappa shape index (κ2) is 6.42. The van der Waals surface area contributed by atoms with Gasteiger partial charge in [0, 0.05) is 25.7 Å². The third-order valence-corrected chi connectivity index (χ3v) is 4.82. The third-order valence-electron chi connectivity index (χ3n) is 4.82. The lowest BCUT2D eigenvalue weighted by Gasteiger charge is -2.41. The predicted molar refractivity (Wildman–Crippen MR) is 83.1 cm³/mol. The van der Waals surface area contributed by atoms with Crippen LogP contribution in [0.2, 0.25) is 0 Å². The molecule has 2 unspecified atom stereocenters. The molecule has 0 bridgehead atoms. The van der Waals surface area contributed by atoms with Crippen molar-refractivity contribution in [2.24, 2.45) is 11.8 Å². The van der Waals surface area contributed by atoms with Gasteiger partial charge in [-0.3, -0.25) is 0 Å². The number of nitrogens with zero attached hydrogens (tertiary/aromatic N) is 3. The fraction of sp³-hybridized carbons (Fsp3) is 0.750. The minimum Gasteiger partial charge on any atom is -0.370 e. The summed E-state index contributed by atoms with van der Waals surface area (Å²) in [6.45, 7) is 5.49. The van der Waals surface area contributed by atoms with Crippen molar-refractivity contribution in [1.82, 2.24) is 9.97 Å². The van der Waals surface area contributed by atoms with Crippen LogP contribution in [0.15, 0.2) is 12.4 Å². The number of nitrogens with one attached hydrogen (secondary N) is 1. The Bertz CT molecular complexity index is 434. The highest BCUT2D eigenvalue weighted by Crippen LogP contribution is 2.37. The van der Waals surface area contributed by atoms with Gasteiger partial charge in [0.2, 0.25) is 0 Å². The first kappa shape index (κ1) is 13.7. The molecule has 0 radical (unpaired) electrons. The van der Waals surface area contributed by atoms with Gasteiger partial charge < -0.3 is 10.2 Å². The van der Waals surface area contributed by atoms with E-state index in [1.165, 1.54) is 38.6 Å². The van der Waals surface area contributed by atoms with Crippen molar-refractivity contribution in [1.29, 1.82) is 0 Å². The monoisotopic (exact) mass is 274 g/mol. The maximum Gasteiger partial charge on any atom is 0.134 e. The highest BCUT2D eigenvalue weighted by Gasteiger charge is 2.31. The zero-order valence-corrected chi connectivity index (χ0v) is 12.5. The van der Waals surface area contributed by atoms with Crippen LogP contribution in [0.4, 0.5) is 11.6 Å². The molecule has 4 heteroatoms. The van der Waals surface area contributed by atoms with Crippen LogP contribution in [0.1, 0.15) is 45.4 Å². The Morgan fingerprint density at radius 1 is 1.20 bits per heavy atom. The molecule has 1 aromatic heterocycles. The van der Waals surface area contributed by atoms with Crippen LogP contribution in [0.5, 0.6) is 0 Å². The largest absolute Gasteiger partial charge is 0.370 e. The molecule has 20 heavy (non-hydrogen) atoms. The summed E-state index contributed by atoms with van der Waals surface area (Å²) in [5, 5.41) is 3.35. The number of hydrogen-bond acceptors (Lipinski definition) is 4. The fourth-order valence-corrected chi connectivity index (χ4v) is 3.68. The van der Waals surface area contributed by atoms with Crippen LogP contribution in [0.25, 0.3) is 0 Å². The number of piperidine rings is 1. The summed E-state index contributed by atoms with van der Waals surface area (Å²) in [5.41, 5.74) is 0. The number of anilines is 2. The van der Waals surface area contributed by atoms with E-state index in [0.717, 1.165) is 43.0 Å². The molecule has 1 saturated heterocycles. The van der Waals surface area contributed by atoms with Crippen molar-refractivity contribution in [3.63, 3.8) is 0 Å². The molecule has 0 aromatic carbocycles. The van der Waals surface area contributed by atoms with E-state index in [1.54, 1.807) is 6.33 Å². The van der Waals surface area contributed by atoms with Gasteiger partial charge in [-0.2, -0.15) is 0 Å². The Labute approximate surface area is 122 Å². The molecule has 3 rings (SSSR count). The summed E-state index contributed by atoms with van der Waals surface area (Å²) >= 11 is 0. The standard InChI is InChI=1S/C16H26N4/c1-2-8-17-15-10-16(19-12-18-15)20-9-7-13-5-3-4-6-14(13)11-20/h10,12-14H,2-9,11H2,1H3,(H,17,18,19). The fourth-order valence-electron chi connectivity index (χ4n) is 3.68. The number of fused-ring (bicyclic) bond motifs is 1. The summed E-state index contributed by atoms with van der Waals surface area (Å²) in [5.74, 6) is 3.92. The first-order valence-corrected chi connectivity index (χ1v) is 8.17. The Morgan fingerprint density at radius 3 is 2.90 bits per heavy atom. The van der Waals surface area contributed by atoms with Crippen molar-refractivity contribution in [3.8, 4) is 0 Å². The van der Waals surface area contributed by atoms with E-state index in [1.807, 2.05) is 0 Å². The van der Waals surface area contributed by atoms with E-state index in [9.17, 15) is 0 Å². The molecule has 110 valence electrons. The molecule has 1 aliphatic carbocycles. The summed E-state index contributed by atoms with van der Waals surface area (Å²) in [6.07, 6.45) is 9.88. The van der Waals surface area contributed by atoms with Crippen LogP contribution in [0.3, 0.4) is 0 Å². The molecule has 0 amide bonds. The van der Waals surface area contributed by atoms with Crippen molar-refractivity contribution in [2.75, 3.05) is 29.9 Å². The lowest BCUT2D eigenvalue weighted by atomic mass is 9.75. The van der Waals surface area contributed by atoms with Crippen LogP contribution in [-0.4, -0.2) is 29.6 Å². The smallest absolute Gasteiger partial charge is 0.134 e. The Balaban J connectivity index is 1.66. The Morgan fingerprint density at radius 2 is 2.05 bits per heavy atom. The van der Waals surface area contributed by atoms with E-state index in [0.29, 0.717) is 0 Å².